The first-order chi connectivity index (χ1) is 8.20. The Bertz CT molecular complexity index is 478. The molecule has 0 aliphatic rings. The van der Waals surface area contributed by atoms with Crippen LogP contribution in [0.25, 0.3) is 11.4 Å². The largest absolute Gasteiger partial charge is 0.399 e. The molecule has 0 saturated heterocycles. The normalized spacial score (nSPS) is 12.6. The zero-order valence-electron chi connectivity index (χ0n) is 10.00. The maximum absolute atomic E-state index is 5.64. The number of benzene rings is 1. The van der Waals surface area contributed by atoms with Gasteiger partial charge in [0.2, 0.25) is 0 Å². The summed E-state index contributed by atoms with van der Waals surface area (Å²) in [4.78, 5) is 4.27. The van der Waals surface area contributed by atoms with E-state index >= 15 is 0 Å². The second-order valence-electron chi connectivity index (χ2n) is 3.97. The highest BCUT2D eigenvalue weighted by Crippen LogP contribution is 2.17. The number of nitrogen functional groups attached to an aromatic ring is 1. The predicted molar refractivity (Wildman–Crippen MR) is 66.5 cm³/mol. The molecule has 17 heavy (non-hydrogen) atoms. The number of hydrogen-bond acceptors (Lipinski definition) is 4. The van der Waals surface area contributed by atoms with E-state index in [2.05, 4.69) is 10.1 Å². The molecule has 2 aromatic rings. The van der Waals surface area contributed by atoms with E-state index < -0.39 is 0 Å². The zero-order chi connectivity index (χ0) is 12.3. The van der Waals surface area contributed by atoms with Gasteiger partial charge in [0.25, 0.3) is 0 Å². The average molecular weight is 232 g/mol. The molecule has 2 N–H and O–H groups in total. The van der Waals surface area contributed by atoms with Gasteiger partial charge >= 0.3 is 0 Å². The molecule has 1 unspecified atom stereocenters. The van der Waals surface area contributed by atoms with E-state index in [1.54, 1.807) is 18.1 Å². The summed E-state index contributed by atoms with van der Waals surface area (Å²) in [5, 5.41) is 4.41. The smallest absolute Gasteiger partial charge is 0.181 e. The minimum atomic E-state index is 0.176. The molecule has 2 rings (SSSR count). The highest BCUT2D eigenvalue weighted by atomic mass is 16.5. The van der Waals surface area contributed by atoms with Crippen molar-refractivity contribution in [3.05, 3.63) is 30.6 Å². The molecule has 0 saturated carbocycles. The van der Waals surface area contributed by atoms with Crippen LogP contribution in [-0.4, -0.2) is 28.5 Å². The fraction of sp³-hybridized carbons (Fsp3) is 0.333. The minimum absolute atomic E-state index is 0.176. The summed E-state index contributed by atoms with van der Waals surface area (Å²) in [5.74, 6) is 0.702. The van der Waals surface area contributed by atoms with Crippen LogP contribution in [0.2, 0.25) is 0 Å². The minimum Gasteiger partial charge on any atom is -0.399 e. The van der Waals surface area contributed by atoms with Gasteiger partial charge in [0, 0.05) is 18.4 Å². The number of nitrogens with zero attached hydrogens (tertiary/aromatic N) is 3. The van der Waals surface area contributed by atoms with Crippen molar-refractivity contribution in [3.63, 3.8) is 0 Å². The van der Waals surface area contributed by atoms with Crippen LogP contribution in [0.15, 0.2) is 30.6 Å². The summed E-state index contributed by atoms with van der Waals surface area (Å²) in [6.45, 7) is 2.65. The SMILES string of the molecule is COCC(C)n1cnc(-c2ccc(N)cc2)n1. The predicted octanol–water partition coefficient (Wildman–Crippen LogP) is 1.73. The topological polar surface area (TPSA) is 66.0 Å². The molecule has 0 amide bonds. The molecule has 0 aliphatic carbocycles. The lowest BCUT2D eigenvalue weighted by molar-refractivity contribution is 0.157. The molecule has 0 aliphatic heterocycles. The van der Waals surface area contributed by atoms with Crippen molar-refractivity contribution in [2.75, 3.05) is 19.5 Å². The van der Waals surface area contributed by atoms with E-state index in [4.69, 9.17) is 10.5 Å². The Morgan fingerprint density at radius 2 is 2.06 bits per heavy atom. The second kappa shape index (κ2) is 4.97. The fourth-order valence-corrected chi connectivity index (χ4v) is 1.57. The van der Waals surface area contributed by atoms with E-state index in [1.807, 2.05) is 31.2 Å². The number of anilines is 1. The zero-order valence-corrected chi connectivity index (χ0v) is 10.00. The number of nitrogens with two attached hydrogens (primary N) is 1. The van der Waals surface area contributed by atoms with Gasteiger partial charge in [-0.1, -0.05) is 0 Å². The van der Waals surface area contributed by atoms with Crippen molar-refractivity contribution in [3.8, 4) is 11.4 Å². The van der Waals surface area contributed by atoms with E-state index in [-0.39, 0.29) is 6.04 Å². The van der Waals surface area contributed by atoms with Crippen molar-refractivity contribution < 1.29 is 4.74 Å². The van der Waals surface area contributed by atoms with E-state index in [0.29, 0.717) is 12.4 Å². The van der Waals surface area contributed by atoms with Gasteiger partial charge in [0.15, 0.2) is 5.82 Å². The van der Waals surface area contributed by atoms with Crippen LogP contribution >= 0.6 is 0 Å². The summed E-state index contributed by atoms with van der Waals surface area (Å²) in [5.41, 5.74) is 7.33. The van der Waals surface area contributed by atoms with Gasteiger partial charge in [-0.2, -0.15) is 5.10 Å². The molecular formula is C12H16N4O. The van der Waals surface area contributed by atoms with Crippen LogP contribution in [0.5, 0.6) is 0 Å². The standard InChI is InChI=1S/C12H16N4O/c1-9(7-17-2)16-8-14-12(15-16)10-3-5-11(13)6-4-10/h3-6,8-9H,7,13H2,1-2H3. The molecule has 0 spiro atoms. The number of methoxy groups -OCH3 is 1. The van der Waals surface area contributed by atoms with Gasteiger partial charge in [-0.3, -0.25) is 0 Å². The van der Waals surface area contributed by atoms with E-state index in [0.717, 1.165) is 11.3 Å². The highest BCUT2D eigenvalue weighted by molar-refractivity contribution is 5.57. The van der Waals surface area contributed by atoms with Gasteiger partial charge in [-0.05, 0) is 31.2 Å². The second-order valence-corrected chi connectivity index (χ2v) is 3.97. The van der Waals surface area contributed by atoms with Gasteiger partial charge in [0.1, 0.15) is 6.33 Å². The fourth-order valence-electron chi connectivity index (χ4n) is 1.57. The van der Waals surface area contributed by atoms with Crippen LogP contribution in [-0.2, 0) is 4.74 Å². The lowest BCUT2D eigenvalue weighted by Gasteiger charge is -2.08. The first-order valence-corrected chi connectivity index (χ1v) is 5.46. The maximum Gasteiger partial charge on any atom is 0.181 e. The summed E-state index contributed by atoms with van der Waals surface area (Å²) in [7, 11) is 1.67. The molecule has 5 heteroatoms. The van der Waals surface area contributed by atoms with Crippen molar-refractivity contribution in [1.29, 1.82) is 0 Å². The Labute approximate surface area is 100 Å². The van der Waals surface area contributed by atoms with E-state index in [1.165, 1.54) is 0 Å². The number of hydrogen-bond donors (Lipinski definition) is 1. The molecule has 0 bridgehead atoms. The van der Waals surface area contributed by atoms with E-state index in [9.17, 15) is 0 Å². The Hall–Kier alpha value is -1.88. The van der Waals surface area contributed by atoms with Crippen LogP contribution in [0.1, 0.15) is 13.0 Å². The number of ether oxygens (including phenoxy) is 1. The van der Waals surface area contributed by atoms with Crippen LogP contribution in [0.3, 0.4) is 0 Å². The number of aromatic nitrogens is 3. The third kappa shape index (κ3) is 2.62. The first-order valence-electron chi connectivity index (χ1n) is 5.46. The Kier molecular flexibility index (Phi) is 3.39. The Morgan fingerprint density at radius 3 is 2.71 bits per heavy atom. The number of rotatable bonds is 4. The molecule has 1 heterocycles. The van der Waals surface area contributed by atoms with Crippen LogP contribution in [0, 0.1) is 0 Å². The van der Waals surface area contributed by atoms with Crippen LogP contribution < -0.4 is 5.73 Å². The summed E-state index contributed by atoms with van der Waals surface area (Å²) in [6.07, 6.45) is 1.72. The first kappa shape index (κ1) is 11.6. The van der Waals surface area contributed by atoms with Gasteiger partial charge in [-0.25, -0.2) is 9.67 Å². The third-order valence-electron chi connectivity index (χ3n) is 2.54. The summed E-state index contributed by atoms with van der Waals surface area (Å²) in [6, 6.07) is 7.69. The quantitative estimate of drug-likeness (QED) is 0.815. The Balaban J connectivity index is 2.20. The molecule has 1 atom stereocenters. The van der Waals surface area contributed by atoms with Gasteiger partial charge < -0.3 is 10.5 Å². The van der Waals surface area contributed by atoms with Crippen molar-refractivity contribution in [1.82, 2.24) is 14.8 Å². The van der Waals surface area contributed by atoms with Crippen LogP contribution in [0.4, 0.5) is 5.69 Å². The Morgan fingerprint density at radius 1 is 1.35 bits per heavy atom. The lowest BCUT2D eigenvalue weighted by Crippen LogP contribution is -2.11. The summed E-state index contributed by atoms with van der Waals surface area (Å²) < 4.78 is 6.88. The van der Waals surface area contributed by atoms with Crippen molar-refractivity contribution in [2.24, 2.45) is 0 Å². The average Bonchev–Trinajstić information content (AvgIpc) is 2.80. The molecule has 90 valence electrons. The maximum atomic E-state index is 5.64. The molecule has 1 aromatic carbocycles. The van der Waals surface area contributed by atoms with Gasteiger partial charge in [0.05, 0.1) is 12.6 Å². The highest BCUT2D eigenvalue weighted by Gasteiger charge is 2.08. The monoisotopic (exact) mass is 232 g/mol. The van der Waals surface area contributed by atoms with Crippen molar-refractivity contribution >= 4 is 5.69 Å². The van der Waals surface area contributed by atoms with Crippen molar-refractivity contribution in [2.45, 2.75) is 13.0 Å². The third-order valence-corrected chi connectivity index (χ3v) is 2.54. The molecule has 0 radical (unpaired) electrons. The lowest BCUT2D eigenvalue weighted by atomic mass is 10.2. The molecule has 1 aromatic heterocycles. The molecular weight excluding hydrogens is 216 g/mol. The molecule has 5 nitrogen and oxygen atoms in total. The van der Waals surface area contributed by atoms with Gasteiger partial charge in [-0.15, -0.1) is 0 Å². The molecule has 0 fully saturated rings. The summed E-state index contributed by atoms with van der Waals surface area (Å²) >= 11 is 0.